The Hall–Kier alpha value is -0.770. The standard InChI is InChI=1S/C9H16O4/c1-2-3-4-5-7(10)8-6-12-9(11)13-8/h7-8,10H,2-6H2,1H3. The Bertz CT molecular complexity index is 169. The third kappa shape index (κ3) is 3.22. The van der Waals surface area contributed by atoms with Crippen LogP contribution in [0.4, 0.5) is 4.79 Å². The van der Waals surface area contributed by atoms with E-state index in [4.69, 9.17) is 4.74 Å². The SMILES string of the molecule is CCCCCC(O)C1COC(=O)O1. The van der Waals surface area contributed by atoms with E-state index in [-0.39, 0.29) is 6.61 Å². The summed E-state index contributed by atoms with van der Waals surface area (Å²) in [4.78, 5) is 10.5. The first-order valence-electron chi connectivity index (χ1n) is 4.75. The van der Waals surface area contributed by atoms with E-state index in [1.54, 1.807) is 0 Å². The van der Waals surface area contributed by atoms with Crippen LogP contribution in [0.1, 0.15) is 32.6 Å². The van der Waals surface area contributed by atoms with E-state index in [0.717, 1.165) is 19.3 Å². The summed E-state index contributed by atoms with van der Waals surface area (Å²) in [6.07, 6.45) is 2.16. The molecule has 1 aliphatic heterocycles. The Morgan fingerprint density at radius 1 is 1.62 bits per heavy atom. The van der Waals surface area contributed by atoms with Gasteiger partial charge in [-0.3, -0.25) is 0 Å². The third-order valence-electron chi connectivity index (χ3n) is 2.15. The van der Waals surface area contributed by atoms with Gasteiger partial charge in [0, 0.05) is 0 Å². The van der Waals surface area contributed by atoms with Gasteiger partial charge < -0.3 is 14.6 Å². The van der Waals surface area contributed by atoms with Crippen molar-refractivity contribution < 1.29 is 19.4 Å². The summed E-state index contributed by atoms with van der Waals surface area (Å²) in [5.41, 5.74) is 0. The molecule has 1 N–H and O–H groups in total. The van der Waals surface area contributed by atoms with Crippen LogP contribution in [0, 0.1) is 0 Å². The Morgan fingerprint density at radius 2 is 2.38 bits per heavy atom. The first kappa shape index (κ1) is 10.3. The fourth-order valence-corrected chi connectivity index (χ4v) is 1.32. The summed E-state index contributed by atoms with van der Waals surface area (Å²) in [5.74, 6) is 0. The van der Waals surface area contributed by atoms with Gasteiger partial charge in [-0.25, -0.2) is 4.79 Å². The molecule has 0 aromatic rings. The van der Waals surface area contributed by atoms with Crippen LogP contribution in [0.15, 0.2) is 0 Å². The number of aliphatic hydroxyl groups excluding tert-OH is 1. The van der Waals surface area contributed by atoms with Gasteiger partial charge in [-0.1, -0.05) is 26.2 Å². The first-order valence-corrected chi connectivity index (χ1v) is 4.75. The molecular formula is C9H16O4. The quantitative estimate of drug-likeness (QED) is 0.524. The number of hydrogen-bond acceptors (Lipinski definition) is 4. The molecule has 1 heterocycles. The van der Waals surface area contributed by atoms with Gasteiger partial charge >= 0.3 is 6.16 Å². The zero-order valence-corrected chi connectivity index (χ0v) is 7.86. The van der Waals surface area contributed by atoms with Crippen molar-refractivity contribution in [2.75, 3.05) is 6.61 Å². The fourth-order valence-electron chi connectivity index (χ4n) is 1.32. The van der Waals surface area contributed by atoms with Crippen molar-refractivity contribution >= 4 is 6.16 Å². The van der Waals surface area contributed by atoms with Crippen LogP contribution in [0.25, 0.3) is 0 Å². The van der Waals surface area contributed by atoms with Crippen LogP contribution < -0.4 is 0 Å². The molecule has 13 heavy (non-hydrogen) atoms. The second-order valence-electron chi connectivity index (χ2n) is 3.28. The van der Waals surface area contributed by atoms with Crippen molar-refractivity contribution in [3.05, 3.63) is 0 Å². The average Bonchev–Trinajstić information content (AvgIpc) is 2.52. The number of rotatable bonds is 5. The minimum atomic E-state index is -0.667. The van der Waals surface area contributed by atoms with Crippen LogP contribution >= 0.6 is 0 Å². The molecule has 4 heteroatoms. The summed E-state index contributed by atoms with van der Waals surface area (Å²) < 4.78 is 9.31. The maximum Gasteiger partial charge on any atom is 0.508 e. The largest absolute Gasteiger partial charge is 0.508 e. The minimum absolute atomic E-state index is 0.187. The van der Waals surface area contributed by atoms with Crippen molar-refractivity contribution in [3.8, 4) is 0 Å². The molecule has 0 amide bonds. The summed E-state index contributed by atoms with van der Waals surface area (Å²) in [7, 11) is 0. The average molecular weight is 188 g/mol. The monoisotopic (exact) mass is 188 g/mol. The Labute approximate surface area is 77.8 Å². The van der Waals surface area contributed by atoms with Gasteiger partial charge in [0.25, 0.3) is 0 Å². The molecule has 76 valence electrons. The predicted octanol–water partition coefficient (Wildman–Crippen LogP) is 1.46. The van der Waals surface area contributed by atoms with Crippen molar-refractivity contribution in [3.63, 3.8) is 0 Å². The van der Waals surface area contributed by atoms with Crippen LogP contribution in [0.5, 0.6) is 0 Å². The summed E-state index contributed by atoms with van der Waals surface area (Å²) in [5, 5.41) is 9.54. The van der Waals surface area contributed by atoms with Crippen molar-refractivity contribution in [2.45, 2.75) is 44.8 Å². The van der Waals surface area contributed by atoms with Gasteiger partial charge in [-0.2, -0.15) is 0 Å². The highest BCUT2D eigenvalue weighted by atomic mass is 16.8. The molecule has 1 aliphatic rings. The predicted molar refractivity (Wildman–Crippen MR) is 46.4 cm³/mol. The molecule has 1 rings (SSSR count). The van der Waals surface area contributed by atoms with Crippen LogP contribution in [0.3, 0.4) is 0 Å². The molecule has 0 bridgehead atoms. The van der Waals surface area contributed by atoms with E-state index < -0.39 is 18.4 Å². The summed E-state index contributed by atoms with van der Waals surface area (Å²) in [6, 6.07) is 0. The van der Waals surface area contributed by atoms with Gasteiger partial charge in [0.1, 0.15) is 6.61 Å². The normalized spacial score (nSPS) is 23.8. The zero-order chi connectivity index (χ0) is 9.68. The van der Waals surface area contributed by atoms with E-state index in [1.807, 2.05) is 0 Å². The molecular weight excluding hydrogens is 172 g/mol. The highest BCUT2D eigenvalue weighted by Crippen LogP contribution is 2.15. The van der Waals surface area contributed by atoms with Gasteiger partial charge in [0.2, 0.25) is 0 Å². The lowest BCUT2D eigenvalue weighted by atomic mass is 10.1. The highest BCUT2D eigenvalue weighted by Gasteiger charge is 2.30. The number of unbranched alkanes of at least 4 members (excludes halogenated alkanes) is 2. The second kappa shape index (κ2) is 5.07. The molecule has 2 atom stereocenters. The molecule has 0 radical (unpaired) electrons. The summed E-state index contributed by atoms with van der Waals surface area (Å²) >= 11 is 0. The Balaban J connectivity index is 2.15. The number of ether oxygens (including phenoxy) is 2. The maximum atomic E-state index is 10.5. The second-order valence-corrected chi connectivity index (χ2v) is 3.28. The maximum absolute atomic E-state index is 10.5. The zero-order valence-electron chi connectivity index (χ0n) is 7.86. The lowest BCUT2D eigenvalue weighted by molar-refractivity contribution is 0.0266. The molecule has 0 saturated carbocycles. The van der Waals surface area contributed by atoms with E-state index in [9.17, 15) is 9.90 Å². The van der Waals surface area contributed by atoms with E-state index in [0.29, 0.717) is 6.42 Å². The third-order valence-corrected chi connectivity index (χ3v) is 2.15. The Morgan fingerprint density at radius 3 is 2.92 bits per heavy atom. The van der Waals surface area contributed by atoms with E-state index in [2.05, 4.69) is 11.7 Å². The molecule has 0 spiro atoms. The van der Waals surface area contributed by atoms with Crippen LogP contribution in [0.2, 0.25) is 0 Å². The number of carbonyl (C=O) groups is 1. The number of aliphatic hydroxyl groups is 1. The minimum Gasteiger partial charge on any atom is -0.430 e. The summed E-state index contributed by atoms with van der Waals surface area (Å²) in [6.45, 7) is 2.29. The number of cyclic esters (lactones) is 2. The van der Waals surface area contributed by atoms with E-state index in [1.165, 1.54) is 0 Å². The molecule has 0 aromatic heterocycles. The Kier molecular flexibility index (Phi) is 4.02. The molecule has 1 saturated heterocycles. The molecule has 2 unspecified atom stereocenters. The topological polar surface area (TPSA) is 55.8 Å². The number of carbonyl (C=O) groups excluding carboxylic acids is 1. The first-order chi connectivity index (χ1) is 6.24. The van der Waals surface area contributed by atoms with Crippen LogP contribution in [-0.4, -0.2) is 30.1 Å². The van der Waals surface area contributed by atoms with Crippen molar-refractivity contribution in [1.29, 1.82) is 0 Å². The molecule has 4 nitrogen and oxygen atoms in total. The van der Waals surface area contributed by atoms with Gasteiger partial charge in [0.05, 0.1) is 6.10 Å². The highest BCUT2D eigenvalue weighted by molar-refractivity contribution is 5.61. The van der Waals surface area contributed by atoms with Gasteiger partial charge in [0.15, 0.2) is 6.10 Å². The lowest BCUT2D eigenvalue weighted by Gasteiger charge is -2.13. The van der Waals surface area contributed by atoms with Crippen molar-refractivity contribution in [2.24, 2.45) is 0 Å². The fraction of sp³-hybridized carbons (Fsp3) is 0.889. The lowest BCUT2D eigenvalue weighted by Crippen LogP contribution is -2.27. The van der Waals surface area contributed by atoms with E-state index >= 15 is 0 Å². The molecule has 1 fully saturated rings. The smallest absolute Gasteiger partial charge is 0.430 e. The van der Waals surface area contributed by atoms with Gasteiger partial charge in [-0.05, 0) is 6.42 Å². The molecule has 0 aliphatic carbocycles. The molecule has 0 aromatic carbocycles. The van der Waals surface area contributed by atoms with Crippen molar-refractivity contribution in [1.82, 2.24) is 0 Å². The van der Waals surface area contributed by atoms with Gasteiger partial charge in [-0.15, -0.1) is 0 Å². The van der Waals surface area contributed by atoms with Crippen LogP contribution in [-0.2, 0) is 9.47 Å². The number of hydrogen-bond donors (Lipinski definition) is 1.